The molecule has 0 saturated carbocycles. The van der Waals surface area contributed by atoms with E-state index in [9.17, 15) is 0 Å². The van der Waals surface area contributed by atoms with Gasteiger partial charge in [-0.1, -0.05) is 31.5 Å². The molecule has 1 aliphatic heterocycles. The van der Waals surface area contributed by atoms with Gasteiger partial charge in [0.25, 0.3) is 0 Å². The molecular weight excluding hydrogens is 244 g/mol. The van der Waals surface area contributed by atoms with Crippen LogP contribution in [0.2, 0.25) is 5.02 Å². The lowest BCUT2D eigenvalue weighted by atomic mass is 9.92. The van der Waals surface area contributed by atoms with Gasteiger partial charge < -0.3 is 10.2 Å². The van der Waals surface area contributed by atoms with Gasteiger partial charge in [0.15, 0.2) is 0 Å². The first-order chi connectivity index (χ1) is 8.39. The topological polar surface area (TPSA) is 15.3 Å². The van der Waals surface area contributed by atoms with E-state index in [2.05, 4.69) is 50.0 Å². The van der Waals surface area contributed by atoms with Crippen LogP contribution in [0.1, 0.15) is 26.3 Å². The summed E-state index contributed by atoms with van der Waals surface area (Å²) in [5.74, 6) is 0. The fourth-order valence-corrected chi connectivity index (χ4v) is 2.78. The zero-order chi connectivity index (χ0) is 13.3. The van der Waals surface area contributed by atoms with Crippen LogP contribution in [0.25, 0.3) is 0 Å². The molecule has 1 aliphatic rings. The minimum Gasteiger partial charge on any atom is -0.367 e. The van der Waals surface area contributed by atoms with Crippen LogP contribution in [0.15, 0.2) is 18.2 Å². The maximum Gasteiger partial charge on any atom is 0.0426 e. The first-order valence-corrected chi connectivity index (χ1v) is 7.00. The highest BCUT2D eigenvalue weighted by molar-refractivity contribution is 6.30. The van der Waals surface area contributed by atoms with Crippen LogP contribution in [-0.2, 0) is 0 Å². The molecule has 2 rings (SSSR count). The van der Waals surface area contributed by atoms with Crippen LogP contribution in [0.3, 0.4) is 0 Å². The van der Waals surface area contributed by atoms with Crippen LogP contribution in [0.5, 0.6) is 0 Å². The van der Waals surface area contributed by atoms with Gasteiger partial charge in [0.05, 0.1) is 0 Å². The van der Waals surface area contributed by atoms with Gasteiger partial charge >= 0.3 is 0 Å². The predicted octanol–water partition coefficient (Wildman–Crippen LogP) is 3.47. The average molecular weight is 267 g/mol. The summed E-state index contributed by atoms with van der Waals surface area (Å²) in [5, 5.41) is 4.36. The SMILES string of the molecule is Cc1ccc(Cl)cc1N1CC(C)(C)CNCC1C. The molecule has 100 valence electrons. The number of aryl methyl sites for hydroxylation is 1. The molecular formula is C15H23ClN2. The Morgan fingerprint density at radius 3 is 2.83 bits per heavy atom. The summed E-state index contributed by atoms with van der Waals surface area (Å²) in [5.41, 5.74) is 2.84. The van der Waals surface area contributed by atoms with E-state index >= 15 is 0 Å². The molecule has 18 heavy (non-hydrogen) atoms. The summed E-state index contributed by atoms with van der Waals surface area (Å²) in [6.07, 6.45) is 0. The summed E-state index contributed by atoms with van der Waals surface area (Å²) >= 11 is 6.15. The molecule has 1 atom stereocenters. The second kappa shape index (κ2) is 5.10. The van der Waals surface area contributed by atoms with Crippen LogP contribution < -0.4 is 10.2 Å². The van der Waals surface area contributed by atoms with Gasteiger partial charge in [-0.15, -0.1) is 0 Å². The second-order valence-electron chi connectivity index (χ2n) is 6.20. The van der Waals surface area contributed by atoms with E-state index in [-0.39, 0.29) is 5.41 Å². The fraction of sp³-hybridized carbons (Fsp3) is 0.600. The zero-order valence-corrected chi connectivity index (χ0v) is 12.5. The van der Waals surface area contributed by atoms with Crippen molar-refractivity contribution in [2.24, 2.45) is 5.41 Å². The Labute approximate surface area is 115 Å². The van der Waals surface area contributed by atoms with Crippen molar-refractivity contribution in [2.75, 3.05) is 24.5 Å². The number of hydrogen-bond acceptors (Lipinski definition) is 2. The third-order valence-corrected chi connectivity index (χ3v) is 3.89. The Morgan fingerprint density at radius 2 is 2.11 bits per heavy atom. The molecule has 1 heterocycles. The Morgan fingerprint density at radius 1 is 1.39 bits per heavy atom. The summed E-state index contributed by atoms with van der Waals surface area (Å²) in [6.45, 7) is 12.2. The molecule has 0 radical (unpaired) electrons. The van der Waals surface area contributed by atoms with Crippen LogP contribution in [0.4, 0.5) is 5.69 Å². The number of rotatable bonds is 1. The van der Waals surface area contributed by atoms with Crippen molar-refractivity contribution in [1.29, 1.82) is 0 Å². The first-order valence-electron chi connectivity index (χ1n) is 6.62. The molecule has 1 aromatic rings. The van der Waals surface area contributed by atoms with Gasteiger partial charge in [-0.3, -0.25) is 0 Å². The zero-order valence-electron chi connectivity index (χ0n) is 11.8. The number of benzene rings is 1. The van der Waals surface area contributed by atoms with Crippen molar-refractivity contribution in [1.82, 2.24) is 5.32 Å². The maximum absolute atomic E-state index is 6.15. The van der Waals surface area contributed by atoms with Gasteiger partial charge in [-0.05, 0) is 37.0 Å². The number of hydrogen-bond donors (Lipinski definition) is 1. The fourth-order valence-electron chi connectivity index (χ4n) is 2.62. The Balaban J connectivity index is 2.36. The molecule has 0 aliphatic carbocycles. The van der Waals surface area contributed by atoms with Crippen molar-refractivity contribution in [3.8, 4) is 0 Å². The largest absolute Gasteiger partial charge is 0.367 e. The lowest BCUT2D eigenvalue weighted by Gasteiger charge is -2.35. The minimum atomic E-state index is 0.277. The van der Waals surface area contributed by atoms with Crippen molar-refractivity contribution < 1.29 is 0 Å². The average Bonchev–Trinajstić information content (AvgIpc) is 2.41. The molecule has 0 amide bonds. The monoisotopic (exact) mass is 266 g/mol. The lowest BCUT2D eigenvalue weighted by molar-refractivity contribution is 0.369. The molecule has 1 aromatic carbocycles. The van der Waals surface area contributed by atoms with Gasteiger partial charge in [-0.25, -0.2) is 0 Å². The standard InChI is InChI=1S/C15H23ClN2/c1-11-5-6-13(16)7-14(11)18-10-15(3,4)9-17-8-12(18)2/h5-7,12,17H,8-10H2,1-4H3. The van der Waals surface area contributed by atoms with Crippen molar-refractivity contribution in [2.45, 2.75) is 33.7 Å². The van der Waals surface area contributed by atoms with Crippen molar-refractivity contribution >= 4 is 17.3 Å². The Hall–Kier alpha value is -0.730. The molecule has 0 aromatic heterocycles. The smallest absolute Gasteiger partial charge is 0.0426 e. The van der Waals surface area contributed by atoms with Crippen molar-refractivity contribution in [3.05, 3.63) is 28.8 Å². The molecule has 1 unspecified atom stereocenters. The summed E-state index contributed by atoms with van der Waals surface area (Å²) in [4.78, 5) is 2.49. The van der Waals surface area contributed by atoms with E-state index in [4.69, 9.17) is 11.6 Å². The summed E-state index contributed by atoms with van der Waals surface area (Å²) < 4.78 is 0. The third kappa shape index (κ3) is 2.99. The molecule has 3 heteroatoms. The van der Waals surface area contributed by atoms with E-state index in [1.165, 1.54) is 11.3 Å². The molecule has 0 bridgehead atoms. The highest BCUT2D eigenvalue weighted by atomic mass is 35.5. The Bertz CT molecular complexity index is 429. The first kappa shape index (κ1) is 13.7. The second-order valence-corrected chi connectivity index (χ2v) is 6.64. The number of nitrogens with one attached hydrogen (secondary N) is 1. The summed E-state index contributed by atoms with van der Waals surface area (Å²) in [7, 11) is 0. The van der Waals surface area contributed by atoms with Gasteiger partial charge in [0.1, 0.15) is 0 Å². The van der Waals surface area contributed by atoms with E-state index in [0.29, 0.717) is 6.04 Å². The number of halogens is 1. The van der Waals surface area contributed by atoms with E-state index in [1.807, 2.05) is 6.07 Å². The lowest BCUT2D eigenvalue weighted by Crippen LogP contribution is -2.40. The molecule has 1 saturated heterocycles. The van der Waals surface area contributed by atoms with E-state index in [1.54, 1.807) is 0 Å². The normalized spacial score (nSPS) is 23.8. The van der Waals surface area contributed by atoms with Crippen molar-refractivity contribution in [3.63, 3.8) is 0 Å². The maximum atomic E-state index is 6.15. The quantitative estimate of drug-likeness (QED) is 0.837. The van der Waals surface area contributed by atoms with Crippen LogP contribution in [0, 0.1) is 12.3 Å². The van der Waals surface area contributed by atoms with Crippen LogP contribution in [-0.4, -0.2) is 25.7 Å². The van der Waals surface area contributed by atoms with Crippen LogP contribution >= 0.6 is 11.6 Å². The van der Waals surface area contributed by atoms with Gasteiger partial charge in [-0.2, -0.15) is 0 Å². The van der Waals surface area contributed by atoms with E-state index in [0.717, 1.165) is 24.7 Å². The molecule has 1 N–H and O–H groups in total. The Kier molecular flexibility index (Phi) is 3.88. The molecule has 0 spiro atoms. The predicted molar refractivity (Wildman–Crippen MR) is 79.6 cm³/mol. The van der Waals surface area contributed by atoms with E-state index < -0.39 is 0 Å². The minimum absolute atomic E-state index is 0.277. The van der Waals surface area contributed by atoms with Gasteiger partial charge in [0, 0.05) is 36.4 Å². The third-order valence-electron chi connectivity index (χ3n) is 3.65. The number of anilines is 1. The molecule has 2 nitrogen and oxygen atoms in total. The number of nitrogens with zero attached hydrogens (tertiary/aromatic N) is 1. The van der Waals surface area contributed by atoms with Gasteiger partial charge in [0.2, 0.25) is 0 Å². The summed E-state index contributed by atoms with van der Waals surface area (Å²) in [6, 6.07) is 6.65. The molecule has 1 fully saturated rings. The highest BCUT2D eigenvalue weighted by Crippen LogP contribution is 2.30. The highest BCUT2D eigenvalue weighted by Gasteiger charge is 2.29.